The van der Waals surface area contributed by atoms with Crippen LogP contribution in [0, 0.1) is 18.6 Å². The largest absolute Gasteiger partial charge is 0.309 e. The molecule has 0 aliphatic carbocycles. The molecule has 0 aliphatic rings. The first-order valence-corrected chi connectivity index (χ1v) is 8.91. The molecule has 3 aromatic rings. The predicted molar refractivity (Wildman–Crippen MR) is 104 cm³/mol. The van der Waals surface area contributed by atoms with Gasteiger partial charge in [0.05, 0.1) is 17.9 Å². The Balaban J connectivity index is 1.69. The summed E-state index contributed by atoms with van der Waals surface area (Å²) in [5.74, 6) is -0.327. The van der Waals surface area contributed by atoms with Crippen LogP contribution < -0.4 is 5.32 Å². The second-order valence-corrected chi connectivity index (χ2v) is 6.75. The Morgan fingerprint density at radius 2 is 1.68 bits per heavy atom. The van der Waals surface area contributed by atoms with Crippen molar-refractivity contribution in [2.24, 2.45) is 0 Å². The van der Waals surface area contributed by atoms with Crippen molar-refractivity contribution in [1.29, 1.82) is 0 Å². The smallest absolute Gasteiger partial charge is 0.239 e. The lowest BCUT2D eigenvalue weighted by atomic mass is 10.1. The molecule has 0 aliphatic heterocycles. The van der Waals surface area contributed by atoms with E-state index in [0.29, 0.717) is 11.5 Å². The second kappa shape index (κ2) is 8.31. The second-order valence-electron chi connectivity index (χ2n) is 6.75. The van der Waals surface area contributed by atoms with Crippen LogP contribution in [0.25, 0.3) is 5.69 Å². The van der Waals surface area contributed by atoms with Gasteiger partial charge in [-0.05, 0) is 62.9 Å². The standard InChI is InChI=1S/C21H22F2N4O/c1-14-12-20(27(25-14)19-10-8-18(23)9-11-19)24-21(28)13-26(3)15(2)16-4-6-17(22)7-5-16/h4-12,15H,13H2,1-3H3,(H,24,28). The predicted octanol–water partition coefficient (Wildman–Crippen LogP) is 4.09. The molecule has 1 N–H and O–H groups in total. The average Bonchev–Trinajstić information content (AvgIpc) is 3.02. The Morgan fingerprint density at radius 3 is 2.29 bits per heavy atom. The SMILES string of the molecule is Cc1cc(NC(=O)CN(C)C(C)c2ccc(F)cc2)n(-c2ccc(F)cc2)n1. The monoisotopic (exact) mass is 384 g/mol. The van der Waals surface area contributed by atoms with Crippen LogP contribution in [-0.4, -0.2) is 34.2 Å². The number of carbonyl (C=O) groups excluding carboxylic acids is 1. The number of rotatable bonds is 6. The molecule has 3 rings (SSSR count). The maximum atomic E-state index is 13.2. The van der Waals surface area contributed by atoms with E-state index in [4.69, 9.17) is 0 Å². The number of likely N-dealkylation sites (N-methyl/N-ethyl adjacent to an activating group) is 1. The Labute approximate surface area is 162 Å². The lowest BCUT2D eigenvalue weighted by molar-refractivity contribution is -0.117. The zero-order valence-electron chi connectivity index (χ0n) is 16.0. The summed E-state index contributed by atoms with van der Waals surface area (Å²) < 4.78 is 27.8. The van der Waals surface area contributed by atoms with Gasteiger partial charge in [-0.3, -0.25) is 9.69 Å². The van der Waals surface area contributed by atoms with E-state index in [1.807, 2.05) is 25.8 Å². The van der Waals surface area contributed by atoms with Gasteiger partial charge in [-0.1, -0.05) is 12.1 Å². The molecule has 0 fully saturated rings. The minimum absolute atomic E-state index is 0.0601. The van der Waals surface area contributed by atoms with Gasteiger partial charge in [0.2, 0.25) is 5.91 Å². The maximum absolute atomic E-state index is 13.2. The van der Waals surface area contributed by atoms with Crippen LogP contribution in [0.2, 0.25) is 0 Å². The van der Waals surface area contributed by atoms with E-state index >= 15 is 0 Å². The highest BCUT2D eigenvalue weighted by Gasteiger charge is 2.17. The van der Waals surface area contributed by atoms with Gasteiger partial charge >= 0.3 is 0 Å². The topological polar surface area (TPSA) is 50.2 Å². The zero-order valence-corrected chi connectivity index (χ0v) is 16.0. The summed E-state index contributed by atoms with van der Waals surface area (Å²) in [5.41, 5.74) is 2.30. The van der Waals surface area contributed by atoms with E-state index < -0.39 is 0 Å². The molecule has 146 valence electrons. The molecule has 0 saturated heterocycles. The Hall–Kier alpha value is -3.06. The summed E-state index contributed by atoms with van der Waals surface area (Å²) >= 11 is 0. The van der Waals surface area contributed by atoms with Crippen molar-refractivity contribution in [2.75, 3.05) is 18.9 Å². The molecule has 28 heavy (non-hydrogen) atoms. The molecule has 0 spiro atoms. The average molecular weight is 384 g/mol. The van der Waals surface area contributed by atoms with Gasteiger partial charge in [-0.25, -0.2) is 13.5 Å². The number of halogens is 2. The van der Waals surface area contributed by atoms with Crippen LogP contribution in [0.4, 0.5) is 14.6 Å². The summed E-state index contributed by atoms with van der Waals surface area (Å²) in [5, 5.41) is 7.22. The molecule has 0 radical (unpaired) electrons. The molecular formula is C21H22F2N4O. The van der Waals surface area contributed by atoms with Crippen molar-refractivity contribution in [3.63, 3.8) is 0 Å². The molecule has 7 heteroatoms. The maximum Gasteiger partial charge on any atom is 0.239 e. The van der Waals surface area contributed by atoms with E-state index in [9.17, 15) is 13.6 Å². The van der Waals surface area contributed by atoms with Crippen molar-refractivity contribution in [3.05, 3.63) is 77.5 Å². The minimum Gasteiger partial charge on any atom is -0.309 e. The van der Waals surface area contributed by atoms with Crippen molar-refractivity contribution < 1.29 is 13.6 Å². The molecule has 1 aromatic heterocycles. The molecule has 0 saturated carbocycles. The van der Waals surface area contributed by atoms with E-state index in [1.54, 1.807) is 35.0 Å². The Bertz CT molecular complexity index is 952. The number of nitrogens with one attached hydrogen (secondary N) is 1. The number of carbonyl (C=O) groups is 1. The normalized spacial score (nSPS) is 12.2. The van der Waals surface area contributed by atoms with Crippen molar-refractivity contribution in [3.8, 4) is 5.69 Å². The van der Waals surface area contributed by atoms with Gasteiger partial charge in [-0.15, -0.1) is 0 Å². The zero-order chi connectivity index (χ0) is 20.3. The van der Waals surface area contributed by atoms with Crippen LogP contribution in [0.3, 0.4) is 0 Å². The third kappa shape index (κ3) is 4.61. The number of benzene rings is 2. The molecule has 5 nitrogen and oxygen atoms in total. The fraction of sp³-hybridized carbons (Fsp3) is 0.238. The van der Waals surface area contributed by atoms with Crippen LogP contribution in [0.5, 0.6) is 0 Å². The Morgan fingerprint density at radius 1 is 1.11 bits per heavy atom. The molecular weight excluding hydrogens is 362 g/mol. The van der Waals surface area contributed by atoms with Crippen molar-refractivity contribution >= 4 is 11.7 Å². The van der Waals surface area contributed by atoms with E-state index in [0.717, 1.165) is 11.3 Å². The van der Waals surface area contributed by atoms with E-state index in [2.05, 4.69) is 10.4 Å². The van der Waals surface area contributed by atoms with Gasteiger partial charge in [-0.2, -0.15) is 5.10 Å². The summed E-state index contributed by atoms with van der Waals surface area (Å²) in [6, 6.07) is 13.8. The van der Waals surface area contributed by atoms with Gasteiger partial charge in [0.15, 0.2) is 0 Å². The van der Waals surface area contributed by atoms with Gasteiger partial charge in [0, 0.05) is 12.1 Å². The number of amides is 1. The number of hydrogen-bond donors (Lipinski definition) is 1. The molecule has 1 atom stereocenters. The fourth-order valence-corrected chi connectivity index (χ4v) is 2.91. The molecule has 0 bridgehead atoms. The molecule has 2 aromatic carbocycles. The summed E-state index contributed by atoms with van der Waals surface area (Å²) in [4.78, 5) is 14.4. The highest BCUT2D eigenvalue weighted by Crippen LogP contribution is 2.20. The van der Waals surface area contributed by atoms with Crippen molar-refractivity contribution in [1.82, 2.24) is 14.7 Å². The first-order chi connectivity index (χ1) is 13.3. The third-order valence-electron chi connectivity index (χ3n) is 4.58. The Kier molecular flexibility index (Phi) is 5.84. The highest BCUT2D eigenvalue weighted by molar-refractivity contribution is 5.91. The molecule has 1 unspecified atom stereocenters. The minimum atomic E-state index is -0.338. The van der Waals surface area contributed by atoms with Crippen LogP contribution in [0.15, 0.2) is 54.6 Å². The van der Waals surface area contributed by atoms with Crippen LogP contribution >= 0.6 is 0 Å². The van der Waals surface area contributed by atoms with Gasteiger partial charge in [0.1, 0.15) is 17.5 Å². The fourth-order valence-electron chi connectivity index (χ4n) is 2.91. The third-order valence-corrected chi connectivity index (χ3v) is 4.58. The summed E-state index contributed by atoms with van der Waals surface area (Å²) in [6.45, 7) is 3.91. The molecule has 1 amide bonds. The van der Waals surface area contributed by atoms with Crippen LogP contribution in [-0.2, 0) is 4.79 Å². The van der Waals surface area contributed by atoms with E-state index in [1.165, 1.54) is 24.3 Å². The first kappa shape index (κ1) is 19.7. The van der Waals surface area contributed by atoms with Crippen LogP contribution in [0.1, 0.15) is 24.2 Å². The first-order valence-electron chi connectivity index (χ1n) is 8.91. The number of nitrogens with zero attached hydrogens (tertiary/aromatic N) is 3. The highest BCUT2D eigenvalue weighted by atomic mass is 19.1. The molecule has 1 heterocycles. The van der Waals surface area contributed by atoms with E-state index in [-0.39, 0.29) is 30.1 Å². The number of aromatic nitrogens is 2. The summed E-state index contributed by atoms with van der Waals surface area (Å²) in [7, 11) is 1.83. The lowest BCUT2D eigenvalue weighted by Crippen LogP contribution is -2.32. The number of anilines is 1. The van der Waals surface area contributed by atoms with Gasteiger partial charge < -0.3 is 5.32 Å². The number of hydrogen-bond acceptors (Lipinski definition) is 3. The summed E-state index contributed by atoms with van der Waals surface area (Å²) in [6.07, 6.45) is 0. The van der Waals surface area contributed by atoms with Gasteiger partial charge in [0.25, 0.3) is 0 Å². The number of aryl methyl sites for hydroxylation is 1. The lowest BCUT2D eigenvalue weighted by Gasteiger charge is -2.24. The van der Waals surface area contributed by atoms with Crippen molar-refractivity contribution in [2.45, 2.75) is 19.9 Å². The quantitative estimate of drug-likeness (QED) is 0.696.